The van der Waals surface area contributed by atoms with Crippen LogP contribution in [0.25, 0.3) is 0 Å². The van der Waals surface area contributed by atoms with Gasteiger partial charge in [-0.25, -0.2) is 12.8 Å². The molecule has 1 heterocycles. The van der Waals surface area contributed by atoms with Crippen molar-refractivity contribution in [1.82, 2.24) is 0 Å². The van der Waals surface area contributed by atoms with Gasteiger partial charge in [-0.05, 0) is 73.5 Å². The topological polar surface area (TPSA) is 63.7 Å². The van der Waals surface area contributed by atoms with Crippen molar-refractivity contribution in [3.8, 4) is 5.75 Å². The van der Waals surface area contributed by atoms with Crippen LogP contribution >= 0.6 is 0 Å². The third kappa shape index (κ3) is 3.91. The molecule has 0 spiro atoms. The minimum atomic E-state index is -4.15. The van der Waals surface area contributed by atoms with Gasteiger partial charge < -0.3 is 9.64 Å². The van der Waals surface area contributed by atoms with Crippen molar-refractivity contribution in [2.24, 2.45) is 0 Å². The van der Waals surface area contributed by atoms with Crippen molar-refractivity contribution in [2.45, 2.75) is 25.2 Å². The van der Waals surface area contributed by atoms with Crippen molar-refractivity contribution >= 4 is 27.0 Å². The van der Waals surface area contributed by atoms with Crippen molar-refractivity contribution in [1.29, 1.82) is 0 Å². The van der Waals surface area contributed by atoms with Crippen LogP contribution in [-0.4, -0.2) is 20.8 Å². The van der Waals surface area contributed by atoms with Crippen LogP contribution < -0.4 is 9.64 Å². The fourth-order valence-electron chi connectivity index (χ4n) is 3.61. The molecule has 0 atom stereocenters. The molecule has 0 saturated carbocycles. The second-order valence-electron chi connectivity index (χ2n) is 7.29. The Hall–Kier alpha value is -3.45. The number of anilines is 2. The normalized spacial score (nSPS) is 14.5. The van der Waals surface area contributed by atoms with Crippen molar-refractivity contribution in [3.63, 3.8) is 0 Å². The number of sulfone groups is 1. The molecule has 32 heavy (non-hydrogen) atoms. The summed E-state index contributed by atoms with van der Waals surface area (Å²) in [4.78, 5) is 14.3. The number of halogens is 1. The van der Waals surface area contributed by atoms with Crippen LogP contribution in [0, 0.1) is 5.82 Å². The highest BCUT2D eigenvalue weighted by atomic mass is 32.2. The van der Waals surface area contributed by atoms with E-state index in [0.717, 1.165) is 18.1 Å². The molecule has 3 aromatic rings. The van der Waals surface area contributed by atoms with Crippen LogP contribution in [0.15, 0.2) is 82.7 Å². The fourth-order valence-corrected chi connectivity index (χ4v) is 5.14. The smallest absolute Gasteiger partial charge is 0.214 e. The maximum Gasteiger partial charge on any atom is 0.214 e. The molecule has 0 unspecified atom stereocenters. The van der Waals surface area contributed by atoms with E-state index < -0.39 is 21.4 Å². The standard InChI is InChI=1S/C25H22FNO4S/c1-3-17-6-5-7-20(14-17)27-16-24(25(28)18-8-11-21(12-9-18)31-4-2)32(29,30)23-13-10-19(26)15-22(23)27/h5-16H,3-4H2,1-2H3. The molecule has 0 radical (unpaired) electrons. The quantitative estimate of drug-likeness (QED) is 0.369. The molecule has 1 aliphatic rings. The van der Waals surface area contributed by atoms with Gasteiger partial charge >= 0.3 is 0 Å². The van der Waals surface area contributed by atoms with Crippen molar-refractivity contribution in [3.05, 3.63) is 94.8 Å². The summed E-state index contributed by atoms with van der Waals surface area (Å²) in [6.45, 7) is 4.33. The van der Waals surface area contributed by atoms with Crippen molar-refractivity contribution in [2.75, 3.05) is 11.5 Å². The average molecular weight is 452 g/mol. The Kier molecular flexibility index (Phi) is 5.84. The SMILES string of the molecule is CCOc1ccc(C(=O)C2=CN(c3cccc(CC)c3)c3cc(F)ccc3S2(=O)=O)cc1. The maximum atomic E-state index is 14.1. The predicted molar refractivity (Wildman–Crippen MR) is 122 cm³/mol. The molecule has 0 aliphatic carbocycles. The molecule has 164 valence electrons. The second kappa shape index (κ2) is 8.59. The number of aryl methyl sites for hydroxylation is 1. The van der Waals surface area contributed by atoms with Gasteiger partial charge in [0.2, 0.25) is 15.6 Å². The first-order valence-electron chi connectivity index (χ1n) is 10.3. The van der Waals surface area contributed by atoms with E-state index in [1.807, 2.05) is 32.0 Å². The van der Waals surface area contributed by atoms with E-state index in [9.17, 15) is 17.6 Å². The summed E-state index contributed by atoms with van der Waals surface area (Å²) in [7, 11) is -4.15. The summed E-state index contributed by atoms with van der Waals surface area (Å²) in [5.41, 5.74) is 2.06. The van der Waals surface area contributed by atoms with Gasteiger partial charge in [0.25, 0.3) is 0 Å². The highest BCUT2D eigenvalue weighted by molar-refractivity contribution is 7.96. The number of benzene rings is 3. The largest absolute Gasteiger partial charge is 0.494 e. The summed E-state index contributed by atoms with van der Waals surface area (Å²) in [5.74, 6) is -0.617. The zero-order valence-electron chi connectivity index (χ0n) is 17.7. The van der Waals surface area contributed by atoms with Crippen LogP contribution in [-0.2, 0) is 16.3 Å². The Morgan fingerprint density at radius 2 is 1.75 bits per heavy atom. The lowest BCUT2D eigenvalue weighted by Gasteiger charge is -2.29. The summed E-state index contributed by atoms with van der Waals surface area (Å²) >= 11 is 0. The molecule has 0 N–H and O–H groups in total. The lowest BCUT2D eigenvalue weighted by Crippen LogP contribution is -2.26. The van der Waals surface area contributed by atoms with E-state index in [4.69, 9.17) is 4.74 Å². The number of hydrogen-bond acceptors (Lipinski definition) is 5. The Labute approximate surface area is 186 Å². The average Bonchev–Trinajstić information content (AvgIpc) is 2.79. The van der Waals surface area contributed by atoms with Crippen molar-refractivity contribution < 1.29 is 22.3 Å². The van der Waals surface area contributed by atoms with E-state index in [-0.39, 0.29) is 21.1 Å². The highest BCUT2D eigenvalue weighted by Gasteiger charge is 2.36. The van der Waals surface area contributed by atoms with Gasteiger partial charge in [-0.15, -0.1) is 0 Å². The predicted octanol–water partition coefficient (Wildman–Crippen LogP) is 5.44. The first-order valence-corrected chi connectivity index (χ1v) is 11.8. The lowest BCUT2D eigenvalue weighted by molar-refractivity contribution is 0.104. The number of carbonyl (C=O) groups excluding carboxylic acids is 1. The number of fused-ring (bicyclic) bond motifs is 1. The van der Waals surface area contributed by atoms with E-state index in [2.05, 4.69) is 0 Å². The van der Waals surface area contributed by atoms with Gasteiger partial charge in [0, 0.05) is 17.5 Å². The fraction of sp³-hybridized carbons (Fsp3) is 0.160. The number of carbonyl (C=O) groups is 1. The Balaban J connectivity index is 1.86. The third-order valence-electron chi connectivity index (χ3n) is 5.25. The third-order valence-corrected chi connectivity index (χ3v) is 7.05. The van der Waals surface area contributed by atoms with Gasteiger partial charge in [0.15, 0.2) is 0 Å². The summed E-state index contributed by atoms with van der Waals surface area (Å²) < 4.78 is 46.1. The van der Waals surface area contributed by atoms with E-state index in [0.29, 0.717) is 18.0 Å². The van der Waals surface area contributed by atoms with Crippen LogP contribution in [0.5, 0.6) is 5.75 Å². The zero-order chi connectivity index (χ0) is 22.9. The van der Waals surface area contributed by atoms with Gasteiger partial charge in [-0.3, -0.25) is 4.79 Å². The van der Waals surface area contributed by atoms with Crippen LogP contribution in [0.3, 0.4) is 0 Å². The number of ketones is 1. The van der Waals surface area contributed by atoms with Crippen LogP contribution in [0.1, 0.15) is 29.8 Å². The monoisotopic (exact) mass is 451 g/mol. The number of hydrogen-bond donors (Lipinski definition) is 0. The van der Waals surface area contributed by atoms with Gasteiger partial charge in [-0.1, -0.05) is 19.1 Å². The van der Waals surface area contributed by atoms with E-state index in [1.165, 1.54) is 30.5 Å². The molecule has 5 nitrogen and oxygen atoms in total. The molecule has 0 bridgehead atoms. The Morgan fingerprint density at radius 3 is 2.44 bits per heavy atom. The first kappa shape index (κ1) is 21.8. The molecule has 3 aromatic carbocycles. The van der Waals surface area contributed by atoms with Gasteiger partial charge in [0.1, 0.15) is 16.5 Å². The Morgan fingerprint density at radius 1 is 1.00 bits per heavy atom. The minimum Gasteiger partial charge on any atom is -0.494 e. The highest BCUT2D eigenvalue weighted by Crippen LogP contribution is 2.41. The maximum absolute atomic E-state index is 14.1. The van der Waals surface area contributed by atoms with Crippen LogP contribution in [0.2, 0.25) is 0 Å². The summed E-state index contributed by atoms with van der Waals surface area (Å²) in [6.07, 6.45) is 2.06. The lowest BCUT2D eigenvalue weighted by atomic mass is 10.1. The minimum absolute atomic E-state index is 0.113. The molecular formula is C25H22FNO4S. The first-order chi connectivity index (χ1) is 15.3. The zero-order valence-corrected chi connectivity index (χ0v) is 18.5. The second-order valence-corrected chi connectivity index (χ2v) is 9.18. The number of nitrogens with zero attached hydrogens (tertiary/aromatic N) is 1. The number of ether oxygens (including phenoxy) is 1. The molecule has 0 fully saturated rings. The number of rotatable bonds is 6. The van der Waals surface area contributed by atoms with E-state index in [1.54, 1.807) is 23.1 Å². The summed E-state index contributed by atoms with van der Waals surface area (Å²) in [6, 6.07) is 17.2. The molecule has 0 aromatic heterocycles. The Bertz CT molecular complexity index is 1310. The molecule has 7 heteroatoms. The molecule has 0 saturated heterocycles. The molecule has 0 amide bonds. The molecule has 1 aliphatic heterocycles. The van der Waals surface area contributed by atoms with E-state index >= 15 is 0 Å². The van der Waals surface area contributed by atoms with Crippen LogP contribution in [0.4, 0.5) is 15.8 Å². The summed E-state index contributed by atoms with van der Waals surface area (Å²) in [5, 5.41) is 0. The van der Waals surface area contributed by atoms with Gasteiger partial charge in [0.05, 0.1) is 17.2 Å². The molecule has 4 rings (SSSR count). The molecular weight excluding hydrogens is 429 g/mol. The van der Waals surface area contributed by atoms with Gasteiger partial charge in [-0.2, -0.15) is 0 Å². The number of Topliss-reactive ketones (excluding diaryl/α,β-unsaturated/α-hetero) is 1. The number of allylic oxidation sites excluding steroid dienone is 1.